The molecule has 0 bridgehead atoms. The summed E-state index contributed by atoms with van der Waals surface area (Å²) in [6.45, 7) is 7.84. The summed E-state index contributed by atoms with van der Waals surface area (Å²) in [4.78, 5) is 16.5. The smallest absolute Gasteiger partial charge is 0.262 e. The molecule has 26 heavy (non-hydrogen) atoms. The van der Waals surface area contributed by atoms with Gasteiger partial charge in [-0.3, -0.25) is 4.79 Å². The second kappa shape index (κ2) is 7.39. The first-order valence-corrected chi connectivity index (χ1v) is 8.42. The van der Waals surface area contributed by atoms with Gasteiger partial charge in [-0.25, -0.2) is 9.67 Å². The van der Waals surface area contributed by atoms with Crippen LogP contribution in [0.3, 0.4) is 0 Å². The molecule has 0 aliphatic heterocycles. The normalized spacial score (nSPS) is 10.6. The molecule has 1 amide bonds. The molecule has 2 heterocycles. The Hall–Kier alpha value is -3.15. The number of aromatic nitrogens is 3. The molecule has 0 saturated carbocycles. The highest BCUT2D eigenvalue weighted by Gasteiger charge is 2.08. The maximum atomic E-state index is 12.1. The van der Waals surface area contributed by atoms with Crippen LogP contribution >= 0.6 is 0 Å². The lowest BCUT2D eigenvalue weighted by Crippen LogP contribution is -2.20. The second-order valence-corrected chi connectivity index (χ2v) is 6.35. The molecule has 0 radical (unpaired) electrons. The van der Waals surface area contributed by atoms with Crippen LogP contribution in [0.25, 0.3) is 5.82 Å². The van der Waals surface area contributed by atoms with Crippen molar-refractivity contribution in [2.24, 2.45) is 0 Å². The number of nitrogens with zero attached hydrogens (tertiary/aromatic N) is 3. The monoisotopic (exact) mass is 350 g/mol. The third-order valence-corrected chi connectivity index (χ3v) is 3.95. The average Bonchev–Trinajstić information content (AvgIpc) is 2.93. The van der Waals surface area contributed by atoms with Crippen molar-refractivity contribution in [3.63, 3.8) is 0 Å². The van der Waals surface area contributed by atoms with Crippen molar-refractivity contribution < 1.29 is 9.53 Å². The third kappa shape index (κ3) is 4.08. The predicted molar refractivity (Wildman–Crippen MR) is 101 cm³/mol. The SMILES string of the molecule is Cc1ccc(OCC(=O)Nc2ccc(-n3nc(C)cc3C)nc2)c(C)c1. The molecule has 0 aliphatic carbocycles. The Balaban J connectivity index is 1.60. The minimum atomic E-state index is -0.231. The molecule has 2 aromatic heterocycles. The zero-order valence-electron chi connectivity index (χ0n) is 15.4. The average molecular weight is 350 g/mol. The van der Waals surface area contributed by atoms with Crippen LogP contribution in [0.2, 0.25) is 0 Å². The number of hydrogen-bond donors (Lipinski definition) is 1. The van der Waals surface area contributed by atoms with E-state index in [1.165, 1.54) is 0 Å². The molecular formula is C20H22N4O2. The van der Waals surface area contributed by atoms with Gasteiger partial charge < -0.3 is 10.1 Å². The topological polar surface area (TPSA) is 69.0 Å². The fourth-order valence-corrected chi connectivity index (χ4v) is 2.75. The number of pyridine rings is 1. The van der Waals surface area contributed by atoms with Gasteiger partial charge in [-0.1, -0.05) is 17.7 Å². The van der Waals surface area contributed by atoms with Crippen LogP contribution in [0.4, 0.5) is 5.69 Å². The highest BCUT2D eigenvalue weighted by Crippen LogP contribution is 2.18. The van der Waals surface area contributed by atoms with E-state index in [1.54, 1.807) is 16.9 Å². The summed E-state index contributed by atoms with van der Waals surface area (Å²) in [5.74, 6) is 1.19. The molecule has 0 spiro atoms. The van der Waals surface area contributed by atoms with E-state index >= 15 is 0 Å². The van der Waals surface area contributed by atoms with Gasteiger partial charge in [0.25, 0.3) is 5.91 Å². The highest BCUT2D eigenvalue weighted by molar-refractivity contribution is 5.91. The van der Waals surface area contributed by atoms with Gasteiger partial charge >= 0.3 is 0 Å². The van der Waals surface area contributed by atoms with Crippen LogP contribution in [-0.4, -0.2) is 27.3 Å². The Bertz CT molecular complexity index is 929. The largest absolute Gasteiger partial charge is 0.483 e. The van der Waals surface area contributed by atoms with Crippen LogP contribution in [0.15, 0.2) is 42.6 Å². The maximum Gasteiger partial charge on any atom is 0.262 e. The summed E-state index contributed by atoms with van der Waals surface area (Å²) in [6.07, 6.45) is 1.61. The number of aryl methyl sites for hydroxylation is 4. The van der Waals surface area contributed by atoms with Crippen molar-refractivity contribution >= 4 is 11.6 Å². The van der Waals surface area contributed by atoms with Crippen LogP contribution in [-0.2, 0) is 4.79 Å². The quantitative estimate of drug-likeness (QED) is 0.764. The summed E-state index contributed by atoms with van der Waals surface area (Å²) in [5, 5.41) is 7.18. The molecule has 6 heteroatoms. The first-order chi connectivity index (χ1) is 12.4. The fourth-order valence-electron chi connectivity index (χ4n) is 2.75. The second-order valence-electron chi connectivity index (χ2n) is 6.35. The number of carbonyl (C=O) groups excluding carboxylic acids is 1. The van der Waals surface area contributed by atoms with Crippen LogP contribution < -0.4 is 10.1 Å². The van der Waals surface area contributed by atoms with Crippen molar-refractivity contribution in [2.75, 3.05) is 11.9 Å². The highest BCUT2D eigenvalue weighted by atomic mass is 16.5. The van der Waals surface area contributed by atoms with Crippen LogP contribution in [0.5, 0.6) is 5.75 Å². The van der Waals surface area contributed by atoms with Crippen molar-refractivity contribution in [2.45, 2.75) is 27.7 Å². The van der Waals surface area contributed by atoms with Crippen molar-refractivity contribution in [3.05, 3.63) is 65.1 Å². The number of amides is 1. The Morgan fingerprint density at radius 3 is 2.54 bits per heavy atom. The Morgan fingerprint density at radius 1 is 1.12 bits per heavy atom. The molecule has 0 fully saturated rings. The van der Waals surface area contributed by atoms with E-state index < -0.39 is 0 Å². The third-order valence-electron chi connectivity index (χ3n) is 3.95. The van der Waals surface area contributed by atoms with Gasteiger partial charge in [0.05, 0.1) is 17.6 Å². The molecule has 134 valence electrons. The predicted octanol–water partition coefficient (Wildman–Crippen LogP) is 3.52. The number of anilines is 1. The summed E-state index contributed by atoms with van der Waals surface area (Å²) in [6, 6.07) is 11.5. The molecule has 0 atom stereocenters. The van der Waals surface area contributed by atoms with E-state index in [9.17, 15) is 4.79 Å². The van der Waals surface area contributed by atoms with Crippen LogP contribution in [0, 0.1) is 27.7 Å². The molecule has 1 aromatic carbocycles. The molecule has 3 aromatic rings. The molecule has 0 unspecified atom stereocenters. The molecule has 6 nitrogen and oxygen atoms in total. The summed E-state index contributed by atoms with van der Waals surface area (Å²) in [5.41, 5.74) is 4.73. The summed E-state index contributed by atoms with van der Waals surface area (Å²) in [7, 11) is 0. The van der Waals surface area contributed by atoms with Crippen molar-refractivity contribution in [3.8, 4) is 11.6 Å². The van der Waals surface area contributed by atoms with Crippen molar-refractivity contribution in [1.82, 2.24) is 14.8 Å². The lowest BCUT2D eigenvalue weighted by Gasteiger charge is -2.10. The first-order valence-electron chi connectivity index (χ1n) is 8.42. The standard InChI is InChI=1S/C20H22N4O2/c1-13-5-7-18(14(2)9-13)26-12-20(25)22-17-6-8-19(21-11-17)24-16(4)10-15(3)23-24/h5-11H,12H2,1-4H3,(H,22,25). The number of hydrogen-bond acceptors (Lipinski definition) is 4. The van der Waals surface area contributed by atoms with E-state index in [0.717, 1.165) is 22.5 Å². The minimum Gasteiger partial charge on any atom is -0.483 e. The molecule has 1 N–H and O–H groups in total. The summed E-state index contributed by atoms with van der Waals surface area (Å²) < 4.78 is 7.36. The van der Waals surface area contributed by atoms with E-state index in [4.69, 9.17) is 4.74 Å². The van der Waals surface area contributed by atoms with Gasteiger partial charge in [0.2, 0.25) is 0 Å². The number of rotatable bonds is 5. The maximum absolute atomic E-state index is 12.1. The lowest BCUT2D eigenvalue weighted by atomic mass is 10.1. The summed E-state index contributed by atoms with van der Waals surface area (Å²) >= 11 is 0. The van der Waals surface area contributed by atoms with Gasteiger partial charge in [0.1, 0.15) is 5.75 Å². The van der Waals surface area contributed by atoms with Gasteiger partial charge in [0, 0.05) is 5.69 Å². The van der Waals surface area contributed by atoms with E-state index in [2.05, 4.69) is 15.4 Å². The Labute approximate surface area is 152 Å². The zero-order chi connectivity index (χ0) is 18.7. The van der Waals surface area contributed by atoms with E-state index in [-0.39, 0.29) is 12.5 Å². The minimum absolute atomic E-state index is 0.0525. The van der Waals surface area contributed by atoms with Gasteiger partial charge in [-0.15, -0.1) is 0 Å². The van der Waals surface area contributed by atoms with E-state index in [1.807, 2.05) is 58.0 Å². The number of nitrogens with one attached hydrogen (secondary N) is 1. The number of ether oxygens (including phenoxy) is 1. The van der Waals surface area contributed by atoms with Gasteiger partial charge in [-0.05, 0) is 57.5 Å². The zero-order valence-corrected chi connectivity index (χ0v) is 15.4. The molecule has 0 aliphatic rings. The van der Waals surface area contributed by atoms with Gasteiger partial charge in [0.15, 0.2) is 12.4 Å². The fraction of sp³-hybridized carbons (Fsp3) is 0.250. The number of benzene rings is 1. The molecule has 0 saturated heterocycles. The van der Waals surface area contributed by atoms with Gasteiger partial charge in [-0.2, -0.15) is 5.10 Å². The molecule has 3 rings (SSSR count). The lowest BCUT2D eigenvalue weighted by molar-refractivity contribution is -0.118. The Kier molecular flexibility index (Phi) is 5.02. The van der Waals surface area contributed by atoms with Crippen LogP contribution in [0.1, 0.15) is 22.5 Å². The van der Waals surface area contributed by atoms with Crippen molar-refractivity contribution in [1.29, 1.82) is 0 Å². The molecular weight excluding hydrogens is 328 g/mol. The number of carbonyl (C=O) groups is 1. The Morgan fingerprint density at radius 2 is 1.92 bits per heavy atom. The van der Waals surface area contributed by atoms with E-state index in [0.29, 0.717) is 17.3 Å². The first kappa shape index (κ1) is 17.7.